The van der Waals surface area contributed by atoms with Crippen molar-refractivity contribution >= 4 is 29.9 Å². The summed E-state index contributed by atoms with van der Waals surface area (Å²) < 4.78 is 29.6. The molecule has 2 aromatic rings. The maximum absolute atomic E-state index is 13.7. The highest BCUT2D eigenvalue weighted by Gasteiger charge is 2.08. The fourth-order valence-corrected chi connectivity index (χ4v) is 2.65. The Morgan fingerprint density at radius 2 is 1.79 bits per heavy atom. The molecule has 0 aliphatic carbocycles. The third-order valence-electron chi connectivity index (χ3n) is 4.19. The highest BCUT2D eigenvalue weighted by atomic mass is 127. The van der Waals surface area contributed by atoms with Crippen LogP contribution >= 0.6 is 24.0 Å². The van der Waals surface area contributed by atoms with Crippen molar-refractivity contribution in [1.29, 1.82) is 0 Å². The zero-order chi connectivity index (χ0) is 20.4. The van der Waals surface area contributed by atoms with Gasteiger partial charge in [-0.25, -0.2) is 4.39 Å². The lowest BCUT2D eigenvalue weighted by atomic mass is 10.1. The molecule has 0 saturated carbocycles. The van der Waals surface area contributed by atoms with Crippen LogP contribution in [0.25, 0.3) is 0 Å². The summed E-state index contributed by atoms with van der Waals surface area (Å²) in [5.41, 5.74) is 1.50. The fraction of sp³-hybridized carbons (Fsp3) is 0.381. The van der Waals surface area contributed by atoms with Gasteiger partial charge in [-0.05, 0) is 42.0 Å². The molecule has 0 spiro atoms. The van der Waals surface area contributed by atoms with Crippen LogP contribution in [0.2, 0.25) is 0 Å². The molecule has 0 bridgehead atoms. The molecule has 2 rings (SSSR count). The molecule has 6 nitrogen and oxygen atoms in total. The van der Waals surface area contributed by atoms with Crippen molar-refractivity contribution < 1.29 is 18.6 Å². The van der Waals surface area contributed by atoms with E-state index in [1.165, 1.54) is 6.07 Å². The zero-order valence-electron chi connectivity index (χ0n) is 17.3. The molecule has 0 atom stereocenters. The first-order valence-electron chi connectivity index (χ1n) is 9.02. The number of hydrogen-bond acceptors (Lipinski definition) is 4. The SMILES string of the molecule is CN=C(NCc1ccc(F)c(COC)c1)N(C)CCOc1ccc(OC)cc1.I. The lowest BCUT2D eigenvalue weighted by Gasteiger charge is -2.22. The number of benzene rings is 2. The molecule has 0 fully saturated rings. The average molecular weight is 517 g/mol. The minimum absolute atomic E-state index is 0. The first-order chi connectivity index (χ1) is 13.6. The molecule has 2 aromatic carbocycles. The van der Waals surface area contributed by atoms with Gasteiger partial charge in [0.25, 0.3) is 0 Å². The van der Waals surface area contributed by atoms with Gasteiger partial charge in [0.05, 0.1) is 20.3 Å². The van der Waals surface area contributed by atoms with Crippen LogP contribution in [0.5, 0.6) is 11.5 Å². The van der Waals surface area contributed by atoms with Gasteiger partial charge in [-0.3, -0.25) is 4.99 Å². The van der Waals surface area contributed by atoms with Crippen LogP contribution in [0.4, 0.5) is 4.39 Å². The molecule has 0 unspecified atom stereocenters. The highest BCUT2D eigenvalue weighted by Crippen LogP contribution is 2.17. The van der Waals surface area contributed by atoms with E-state index in [4.69, 9.17) is 14.2 Å². The molecule has 0 aliphatic heterocycles. The summed E-state index contributed by atoms with van der Waals surface area (Å²) in [6.45, 7) is 1.95. The van der Waals surface area contributed by atoms with Crippen molar-refractivity contribution in [3.8, 4) is 11.5 Å². The lowest BCUT2D eigenvalue weighted by molar-refractivity contribution is 0.181. The molecule has 8 heteroatoms. The number of halogens is 2. The molecule has 1 N–H and O–H groups in total. The van der Waals surface area contributed by atoms with E-state index in [9.17, 15) is 4.39 Å². The Hall–Kier alpha value is -2.07. The quantitative estimate of drug-likeness (QED) is 0.313. The van der Waals surface area contributed by atoms with Gasteiger partial charge in [-0.15, -0.1) is 24.0 Å². The Morgan fingerprint density at radius 3 is 2.41 bits per heavy atom. The number of methoxy groups -OCH3 is 2. The number of likely N-dealkylation sites (N-methyl/N-ethyl adjacent to an activating group) is 1. The molecule has 0 aliphatic rings. The summed E-state index contributed by atoms with van der Waals surface area (Å²) in [6.07, 6.45) is 0. The van der Waals surface area contributed by atoms with Crippen LogP contribution in [-0.2, 0) is 17.9 Å². The van der Waals surface area contributed by atoms with Crippen LogP contribution in [0.1, 0.15) is 11.1 Å². The van der Waals surface area contributed by atoms with E-state index >= 15 is 0 Å². The minimum atomic E-state index is -0.261. The standard InChI is InChI=1S/C21H28FN3O3.HI/c1-23-21(24-14-16-5-10-20(22)17(13-16)15-26-3)25(2)11-12-28-19-8-6-18(27-4)7-9-19;/h5-10,13H,11-12,14-15H2,1-4H3,(H,23,24);1H. The van der Waals surface area contributed by atoms with E-state index in [0.717, 1.165) is 23.0 Å². The predicted octanol–water partition coefficient (Wildman–Crippen LogP) is 3.68. The maximum Gasteiger partial charge on any atom is 0.193 e. The van der Waals surface area contributed by atoms with E-state index in [1.54, 1.807) is 33.4 Å². The minimum Gasteiger partial charge on any atom is -0.497 e. The summed E-state index contributed by atoms with van der Waals surface area (Å²) in [6, 6.07) is 12.5. The van der Waals surface area contributed by atoms with Crippen molar-refractivity contribution in [2.45, 2.75) is 13.2 Å². The van der Waals surface area contributed by atoms with Gasteiger partial charge in [0, 0.05) is 33.3 Å². The second-order valence-corrected chi connectivity index (χ2v) is 6.21. The smallest absolute Gasteiger partial charge is 0.193 e. The predicted molar refractivity (Wildman–Crippen MR) is 124 cm³/mol. The fourth-order valence-electron chi connectivity index (χ4n) is 2.65. The van der Waals surface area contributed by atoms with Gasteiger partial charge in [0.2, 0.25) is 0 Å². The van der Waals surface area contributed by atoms with Gasteiger partial charge >= 0.3 is 0 Å². The molecular weight excluding hydrogens is 488 g/mol. The number of ether oxygens (including phenoxy) is 3. The van der Waals surface area contributed by atoms with Crippen molar-refractivity contribution in [2.24, 2.45) is 4.99 Å². The zero-order valence-corrected chi connectivity index (χ0v) is 19.6. The maximum atomic E-state index is 13.7. The Kier molecular flexibility index (Phi) is 11.4. The third-order valence-corrected chi connectivity index (χ3v) is 4.19. The first-order valence-corrected chi connectivity index (χ1v) is 9.02. The van der Waals surface area contributed by atoms with Gasteiger partial charge in [-0.2, -0.15) is 0 Å². The van der Waals surface area contributed by atoms with Gasteiger partial charge in [-0.1, -0.05) is 6.07 Å². The lowest BCUT2D eigenvalue weighted by Crippen LogP contribution is -2.40. The highest BCUT2D eigenvalue weighted by molar-refractivity contribution is 14.0. The number of nitrogens with zero attached hydrogens (tertiary/aromatic N) is 2. The van der Waals surface area contributed by atoms with Gasteiger partial charge < -0.3 is 24.4 Å². The van der Waals surface area contributed by atoms with E-state index < -0.39 is 0 Å². The summed E-state index contributed by atoms with van der Waals surface area (Å²) >= 11 is 0. The first kappa shape index (κ1) is 25.0. The van der Waals surface area contributed by atoms with Crippen LogP contribution < -0.4 is 14.8 Å². The average Bonchev–Trinajstić information content (AvgIpc) is 2.71. The molecule has 0 heterocycles. The van der Waals surface area contributed by atoms with Crippen LogP contribution in [0, 0.1) is 5.82 Å². The third kappa shape index (κ3) is 8.06. The van der Waals surface area contributed by atoms with Crippen molar-refractivity contribution in [3.63, 3.8) is 0 Å². The summed E-state index contributed by atoms with van der Waals surface area (Å²) in [4.78, 5) is 6.26. The van der Waals surface area contributed by atoms with Gasteiger partial charge in [0.1, 0.15) is 23.9 Å². The van der Waals surface area contributed by atoms with Crippen LogP contribution in [0.3, 0.4) is 0 Å². The largest absolute Gasteiger partial charge is 0.497 e. The van der Waals surface area contributed by atoms with E-state index in [2.05, 4.69) is 10.3 Å². The monoisotopic (exact) mass is 517 g/mol. The number of aliphatic imine (C=N–C) groups is 1. The number of hydrogen-bond donors (Lipinski definition) is 1. The Morgan fingerprint density at radius 1 is 1.10 bits per heavy atom. The Bertz CT molecular complexity index is 772. The van der Waals surface area contributed by atoms with Gasteiger partial charge in [0.15, 0.2) is 5.96 Å². The van der Waals surface area contributed by atoms with Crippen molar-refractivity contribution in [3.05, 3.63) is 59.4 Å². The van der Waals surface area contributed by atoms with E-state index in [1.807, 2.05) is 36.2 Å². The summed E-state index contributed by atoms with van der Waals surface area (Å²) in [5.74, 6) is 2.05. The topological polar surface area (TPSA) is 55.3 Å². The number of guanidine groups is 1. The molecule has 0 amide bonds. The molecule has 29 heavy (non-hydrogen) atoms. The van der Waals surface area contributed by atoms with Crippen molar-refractivity contribution in [2.75, 3.05) is 41.5 Å². The second kappa shape index (κ2) is 13.2. The summed E-state index contributed by atoms with van der Waals surface area (Å²) in [5, 5.41) is 3.28. The molecule has 160 valence electrons. The molecule has 0 radical (unpaired) electrons. The van der Waals surface area contributed by atoms with Crippen molar-refractivity contribution in [1.82, 2.24) is 10.2 Å². The molecular formula is C21H29FIN3O3. The van der Waals surface area contributed by atoms with E-state index in [-0.39, 0.29) is 36.4 Å². The normalized spacial score (nSPS) is 10.9. The van der Waals surface area contributed by atoms with Crippen LogP contribution in [0.15, 0.2) is 47.5 Å². The summed E-state index contributed by atoms with van der Waals surface area (Å²) in [7, 11) is 6.85. The molecule has 0 saturated heterocycles. The Balaban J connectivity index is 0.00000420. The number of rotatable bonds is 9. The Labute approximate surface area is 189 Å². The molecule has 0 aromatic heterocycles. The van der Waals surface area contributed by atoms with Crippen LogP contribution in [-0.4, -0.2) is 52.3 Å². The van der Waals surface area contributed by atoms with E-state index in [0.29, 0.717) is 25.3 Å². The second-order valence-electron chi connectivity index (χ2n) is 6.21. The number of nitrogens with one attached hydrogen (secondary N) is 1.